The molecule has 2 fully saturated rings. The fourth-order valence-electron chi connectivity index (χ4n) is 3.28. The average Bonchev–Trinajstić information content (AvgIpc) is 2.55. The molecule has 2 aliphatic rings. The summed E-state index contributed by atoms with van der Waals surface area (Å²) < 4.78 is 10.4. The van der Waals surface area contributed by atoms with Gasteiger partial charge in [0, 0.05) is 53.0 Å². The molecule has 0 saturated carbocycles. The number of nitrogens with one attached hydrogen (secondary N) is 1. The summed E-state index contributed by atoms with van der Waals surface area (Å²) in [5, 5.41) is 2.89. The fraction of sp³-hybridized carbons (Fsp3) is 0.933. The van der Waals surface area contributed by atoms with Gasteiger partial charge in [-0.25, -0.2) is 4.79 Å². The Kier molecular flexibility index (Phi) is 6.73. The Bertz CT molecular complexity index is 311. The van der Waals surface area contributed by atoms with Gasteiger partial charge in [0.05, 0.1) is 12.7 Å². The highest BCUT2D eigenvalue weighted by molar-refractivity contribution is 5.74. The van der Waals surface area contributed by atoms with Gasteiger partial charge in [-0.15, -0.1) is 0 Å². The molecule has 0 spiro atoms. The number of hydrogen-bond donors (Lipinski definition) is 1. The van der Waals surface area contributed by atoms with Gasteiger partial charge in [0.15, 0.2) is 0 Å². The first kappa shape index (κ1) is 16.5. The molecular weight excluding hydrogens is 270 g/mol. The van der Waals surface area contributed by atoms with Crippen molar-refractivity contribution in [2.24, 2.45) is 0 Å². The van der Waals surface area contributed by atoms with E-state index in [4.69, 9.17) is 9.47 Å². The molecule has 6 nitrogen and oxygen atoms in total. The molecule has 21 heavy (non-hydrogen) atoms. The maximum atomic E-state index is 12.0. The number of ether oxygens (including phenoxy) is 2. The van der Waals surface area contributed by atoms with Crippen LogP contribution in [0.15, 0.2) is 0 Å². The summed E-state index contributed by atoms with van der Waals surface area (Å²) in [5.41, 5.74) is 0. The van der Waals surface area contributed by atoms with Crippen LogP contribution in [-0.2, 0) is 9.47 Å². The molecule has 0 aromatic rings. The number of carbonyl (C=O) groups is 1. The van der Waals surface area contributed by atoms with Gasteiger partial charge >= 0.3 is 6.03 Å². The van der Waals surface area contributed by atoms with Crippen LogP contribution in [0.2, 0.25) is 0 Å². The summed E-state index contributed by atoms with van der Waals surface area (Å²) in [5.74, 6) is 0. The lowest BCUT2D eigenvalue weighted by molar-refractivity contribution is 0.0169. The van der Waals surface area contributed by atoms with E-state index in [1.54, 1.807) is 14.2 Å². The van der Waals surface area contributed by atoms with Crippen LogP contribution in [0.3, 0.4) is 0 Å². The van der Waals surface area contributed by atoms with E-state index in [2.05, 4.69) is 10.2 Å². The van der Waals surface area contributed by atoms with Gasteiger partial charge < -0.3 is 24.6 Å². The third-order valence-electron chi connectivity index (χ3n) is 4.66. The van der Waals surface area contributed by atoms with E-state index >= 15 is 0 Å². The quantitative estimate of drug-likeness (QED) is 0.767. The van der Waals surface area contributed by atoms with Gasteiger partial charge in [-0.3, -0.25) is 0 Å². The number of urea groups is 1. The molecule has 0 aliphatic carbocycles. The summed E-state index contributed by atoms with van der Waals surface area (Å²) in [4.78, 5) is 16.5. The second-order valence-electron chi connectivity index (χ2n) is 5.91. The molecule has 2 heterocycles. The minimum Gasteiger partial charge on any atom is -0.383 e. The van der Waals surface area contributed by atoms with E-state index in [9.17, 15) is 4.79 Å². The van der Waals surface area contributed by atoms with Gasteiger partial charge in [0.1, 0.15) is 0 Å². The molecule has 0 bridgehead atoms. The molecule has 2 amide bonds. The second-order valence-corrected chi connectivity index (χ2v) is 5.91. The van der Waals surface area contributed by atoms with Crippen molar-refractivity contribution < 1.29 is 14.3 Å². The van der Waals surface area contributed by atoms with E-state index in [0.29, 0.717) is 25.3 Å². The Labute approximate surface area is 127 Å². The average molecular weight is 299 g/mol. The van der Waals surface area contributed by atoms with Crippen LogP contribution >= 0.6 is 0 Å². The Balaban J connectivity index is 1.67. The monoisotopic (exact) mass is 299 g/mol. The number of nitrogens with zero attached hydrogens (tertiary/aromatic N) is 2. The molecule has 0 unspecified atom stereocenters. The van der Waals surface area contributed by atoms with Crippen LogP contribution in [0.4, 0.5) is 4.79 Å². The molecule has 0 aromatic heterocycles. The van der Waals surface area contributed by atoms with Crippen LogP contribution in [-0.4, -0.2) is 81.5 Å². The normalized spacial score (nSPS) is 22.5. The van der Waals surface area contributed by atoms with E-state index in [0.717, 1.165) is 51.9 Å². The maximum Gasteiger partial charge on any atom is 0.317 e. The number of carbonyl (C=O) groups excluding carboxylic acids is 1. The number of methoxy groups -OCH3 is 2. The lowest BCUT2D eigenvalue weighted by Gasteiger charge is -2.41. The molecule has 0 aromatic carbocycles. The summed E-state index contributed by atoms with van der Waals surface area (Å²) in [6, 6.07) is 0.675. The smallest absolute Gasteiger partial charge is 0.317 e. The Morgan fingerprint density at radius 1 is 1.10 bits per heavy atom. The van der Waals surface area contributed by atoms with Crippen molar-refractivity contribution in [2.75, 3.05) is 53.6 Å². The first-order chi connectivity index (χ1) is 10.2. The van der Waals surface area contributed by atoms with Crippen molar-refractivity contribution in [1.82, 2.24) is 15.1 Å². The zero-order valence-electron chi connectivity index (χ0n) is 13.3. The van der Waals surface area contributed by atoms with Crippen LogP contribution < -0.4 is 5.32 Å². The summed E-state index contributed by atoms with van der Waals surface area (Å²) in [6.45, 7) is 5.12. The Morgan fingerprint density at radius 2 is 1.76 bits per heavy atom. The molecule has 1 N–H and O–H groups in total. The maximum absolute atomic E-state index is 12.0. The van der Waals surface area contributed by atoms with Crippen LogP contribution in [0.1, 0.15) is 25.7 Å². The second kappa shape index (κ2) is 8.56. The third-order valence-corrected chi connectivity index (χ3v) is 4.66. The first-order valence-corrected chi connectivity index (χ1v) is 8.03. The molecule has 6 heteroatoms. The minimum atomic E-state index is 0.0450. The van der Waals surface area contributed by atoms with Crippen LogP contribution in [0.25, 0.3) is 0 Å². The van der Waals surface area contributed by atoms with Gasteiger partial charge in [-0.05, 0) is 25.7 Å². The van der Waals surface area contributed by atoms with Gasteiger partial charge in [0.2, 0.25) is 0 Å². The van der Waals surface area contributed by atoms with Crippen LogP contribution in [0.5, 0.6) is 0 Å². The van der Waals surface area contributed by atoms with Gasteiger partial charge in [-0.1, -0.05) is 0 Å². The Morgan fingerprint density at radius 3 is 2.33 bits per heavy atom. The Hall–Kier alpha value is -0.850. The number of hydrogen-bond acceptors (Lipinski definition) is 4. The molecule has 122 valence electrons. The highest BCUT2D eigenvalue weighted by Crippen LogP contribution is 2.22. The predicted octanol–water partition coefficient (Wildman–Crippen LogP) is 0.918. The highest BCUT2D eigenvalue weighted by atomic mass is 16.5. The van der Waals surface area contributed by atoms with Gasteiger partial charge in [-0.2, -0.15) is 0 Å². The standard InChI is InChI=1S/C15H29N3O3/c1-20-12-7-16-15(19)18-8-3-13(4-9-18)17-10-5-14(21-2)6-11-17/h13-14H,3-12H2,1-2H3,(H,16,19). The van der Waals surface area contributed by atoms with Crippen molar-refractivity contribution >= 4 is 6.03 Å². The van der Waals surface area contributed by atoms with E-state index in [1.165, 1.54) is 0 Å². The SMILES string of the molecule is COCCNC(=O)N1CCC(N2CCC(OC)CC2)CC1. The molecular formula is C15H29N3O3. The molecule has 2 rings (SSSR count). The zero-order valence-corrected chi connectivity index (χ0v) is 13.3. The van der Waals surface area contributed by atoms with E-state index in [-0.39, 0.29) is 6.03 Å². The van der Waals surface area contributed by atoms with Crippen molar-refractivity contribution in [3.8, 4) is 0 Å². The number of likely N-dealkylation sites (tertiary alicyclic amines) is 2. The van der Waals surface area contributed by atoms with Gasteiger partial charge in [0.25, 0.3) is 0 Å². The van der Waals surface area contributed by atoms with E-state index < -0.39 is 0 Å². The molecule has 2 aliphatic heterocycles. The topological polar surface area (TPSA) is 54.0 Å². The predicted molar refractivity (Wildman–Crippen MR) is 81.5 cm³/mol. The summed E-state index contributed by atoms with van der Waals surface area (Å²) in [7, 11) is 3.45. The van der Waals surface area contributed by atoms with E-state index in [1.807, 2.05) is 4.90 Å². The third kappa shape index (κ3) is 4.83. The minimum absolute atomic E-state index is 0.0450. The van der Waals surface area contributed by atoms with Crippen LogP contribution in [0, 0.1) is 0 Å². The highest BCUT2D eigenvalue weighted by Gasteiger charge is 2.29. The largest absolute Gasteiger partial charge is 0.383 e. The number of rotatable bonds is 5. The molecule has 0 radical (unpaired) electrons. The summed E-state index contributed by atoms with van der Waals surface area (Å²) >= 11 is 0. The lowest BCUT2D eigenvalue weighted by Crippen LogP contribution is -2.51. The molecule has 0 atom stereocenters. The first-order valence-electron chi connectivity index (χ1n) is 8.03. The lowest BCUT2D eigenvalue weighted by atomic mass is 9.99. The number of amides is 2. The zero-order chi connectivity index (χ0) is 15.1. The van der Waals surface area contributed by atoms with Crippen molar-refractivity contribution in [2.45, 2.75) is 37.8 Å². The molecule has 2 saturated heterocycles. The van der Waals surface area contributed by atoms with Crippen molar-refractivity contribution in [3.05, 3.63) is 0 Å². The van der Waals surface area contributed by atoms with Crippen molar-refractivity contribution in [3.63, 3.8) is 0 Å². The fourth-order valence-corrected chi connectivity index (χ4v) is 3.28. The van der Waals surface area contributed by atoms with Crippen molar-refractivity contribution in [1.29, 1.82) is 0 Å². The number of piperidine rings is 2. The summed E-state index contributed by atoms with van der Waals surface area (Å²) in [6.07, 6.45) is 4.86.